The predicted molar refractivity (Wildman–Crippen MR) is 96.4 cm³/mol. The Morgan fingerprint density at radius 1 is 1.16 bits per heavy atom. The summed E-state index contributed by atoms with van der Waals surface area (Å²) in [6.45, 7) is 3.76. The van der Waals surface area contributed by atoms with Gasteiger partial charge in [-0.2, -0.15) is 0 Å². The highest BCUT2D eigenvalue weighted by Crippen LogP contribution is 2.21. The summed E-state index contributed by atoms with van der Waals surface area (Å²) >= 11 is 1.44. The number of hydrogen-bond acceptors (Lipinski definition) is 4. The molecule has 2 rings (SSSR count). The Morgan fingerprint density at radius 3 is 2.40 bits per heavy atom. The Morgan fingerprint density at radius 2 is 1.84 bits per heavy atom. The maximum Gasteiger partial charge on any atom is 0.220 e. The van der Waals surface area contributed by atoms with Crippen LogP contribution in [0.2, 0.25) is 0 Å². The van der Waals surface area contributed by atoms with Crippen molar-refractivity contribution in [2.24, 2.45) is 0 Å². The van der Waals surface area contributed by atoms with E-state index < -0.39 is 0 Å². The quantitative estimate of drug-likeness (QED) is 0.720. The average molecular weight is 363 g/mol. The number of carbonyl (C=O) groups excluding carboxylic acids is 2. The van der Waals surface area contributed by atoms with Gasteiger partial charge in [0, 0.05) is 24.8 Å². The van der Waals surface area contributed by atoms with Crippen molar-refractivity contribution in [1.82, 2.24) is 5.32 Å². The lowest BCUT2D eigenvalue weighted by Crippen LogP contribution is -2.37. The minimum atomic E-state index is -0.389. The van der Waals surface area contributed by atoms with E-state index in [1.807, 2.05) is 19.9 Å². The molecule has 1 N–H and O–H groups in total. The number of carbonyl (C=O) groups is 2. The maximum absolute atomic E-state index is 13.0. The summed E-state index contributed by atoms with van der Waals surface area (Å²) < 4.78 is 18.5. The molecule has 2 aromatic rings. The predicted octanol–water partition coefficient (Wildman–Crippen LogP) is 4.05. The number of nitrogens with one attached hydrogen (secondary N) is 1. The zero-order chi connectivity index (χ0) is 18.4. The number of thiophene rings is 1. The molecule has 1 aromatic carbocycles. The van der Waals surface area contributed by atoms with E-state index in [4.69, 9.17) is 4.74 Å². The van der Waals surface area contributed by atoms with Crippen LogP contribution < -0.4 is 5.32 Å². The highest BCUT2D eigenvalue weighted by atomic mass is 32.1. The van der Waals surface area contributed by atoms with E-state index in [0.29, 0.717) is 4.88 Å². The Balaban J connectivity index is 1.87. The van der Waals surface area contributed by atoms with Gasteiger partial charge in [-0.15, -0.1) is 11.3 Å². The summed E-state index contributed by atoms with van der Waals surface area (Å²) in [6, 6.07) is 9.37. The number of amides is 1. The highest BCUT2D eigenvalue weighted by Gasteiger charge is 2.21. The van der Waals surface area contributed by atoms with E-state index >= 15 is 0 Å². The molecule has 0 bridgehead atoms. The number of benzene rings is 1. The number of ketones is 1. The minimum absolute atomic E-state index is 0.0253. The van der Waals surface area contributed by atoms with Gasteiger partial charge in [-0.25, -0.2) is 4.39 Å². The highest BCUT2D eigenvalue weighted by molar-refractivity contribution is 7.14. The van der Waals surface area contributed by atoms with Gasteiger partial charge >= 0.3 is 0 Å². The first-order chi connectivity index (χ1) is 11.9. The van der Waals surface area contributed by atoms with Gasteiger partial charge in [-0.05, 0) is 43.7 Å². The third-order valence-electron chi connectivity index (χ3n) is 3.89. The lowest BCUT2D eigenvalue weighted by atomic mass is 10.0. The van der Waals surface area contributed by atoms with Crippen LogP contribution >= 0.6 is 11.3 Å². The molecule has 6 heteroatoms. The summed E-state index contributed by atoms with van der Waals surface area (Å²) in [5, 5.41) is 2.85. The molecule has 134 valence electrons. The second-order valence-corrected chi connectivity index (χ2v) is 7.19. The molecule has 0 spiro atoms. The summed E-state index contributed by atoms with van der Waals surface area (Å²) in [5.74, 6) is -0.557. The molecule has 0 saturated heterocycles. The number of aryl methyl sites for hydroxylation is 1. The van der Waals surface area contributed by atoms with Crippen LogP contribution in [-0.4, -0.2) is 24.8 Å². The minimum Gasteiger partial charge on any atom is -0.375 e. The molecule has 25 heavy (non-hydrogen) atoms. The Labute approximate surface area is 151 Å². The van der Waals surface area contributed by atoms with E-state index in [0.717, 1.165) is 10.4 Å². The number of methoxy groups -OCH3 is 1. The van der Waals surface area contributed by atoms with Crippen LogP contribution in [0.5, 0.6) is 0 Å². The molecule has 2 atom stereocenters. The zero-order valence-electron chi connectivity index (χ0n) is 14.5. The van der Waals surface area contributed by atoms with Crippen LogP contribution in [0.15, 0.2) is 36.4 Å². The van der Waals surface area contributed by atoms with Crippen molar-refractivity contribution in [3.05, 3.63) is 57.5 Å². The van der Waals surface area contributed by atoms with Gasteiger partial charge in [0.15, 0.2) is 5.78 Å². The SMILES string of the molecule is CO[C@@H](c1ccc(F)cc1)[C@@H](C)NC(=O)CCC(=O)c1ccc(C)s1. The number of hydrogen-bond donors (Lipinski definition) is 1. The largest absolute Gasteiger partial charge is 0.375 e. The number of rotatable bonds is 8. The number of Topliss-reactive ketones (excluding diaryl/α,β-unsaturated/α-hetero) is 1. The van der Waals surface area contributed by atoms with Gasteiger partial charge in [0.2, 0.25) is 5.91 Å². The second-order valence-electron chi connectivity index (χ2n) is 5.90. The van der Waals surface area contributed by atoms with E-state index in [9.17, 15) is 14.0 Å². The van der Waals surface area contributed by atoms with Crippen molar-refractivity contribution < 1.29 is 18.7 Å². The van der Waals surface area contributed by atoms with Gasteiger partial charge in [-0.1, -0.05) is 12.1 Å². The maximum atomic E-state index is 13.0. The van der Waals surface area contributed by atoms with E-state index in [2.05, 4.69) is 5.32 Å². The monoisotopic (exact) mass is 363 g/mol. The van der Waals surface area contributed by atoms with Crippen molar-refractivity contribution in [2.45, 2.75) is 38.8 Å². The topological polar surface area (TPSA) is 55.4 Å². The molecule has 0 unspecified atom stereocenters. The van der Waals surface area contributed by atoms with E-state index in [1.54, 1.807) is 25.3 Å². The summed E-state index contributed by atoms with van der Waals surface area (Å²) in [6.07, 6.45) is -0.0904. The standard InChI is InChI=1S/C19H22FNO3S/c1-12-4-10-17(25-12)16(22)9-11-18(23)21-13(2)19(24-3)14-5-7-15(20)8-6-14/h4-8,10,13,19H,9,11H2,1-3H3,(H,21,23)/t13-,19-/m1/s1. The fourth-order valence-corrected chi connectivity index (χ4v) is 3.45. The van der Waals surface area contributed by atoms with E-state index in [1.165, 1.54) is 23.5 Å². The van der Waals surface area contributed by atoms with Crippen molar-refractivity contribution in [3.63, 3.8) is 0 Å². The van der Waals surface area contributed by atoms with Crippen LogP contribution in [0.25, 0.3) is 0 Å². The Bertz CT molecular complexity index is 727. The zero-order valence-corrected chi connectivity index (χ0v) is 15.4. The number of halogens is 1. The molecule has 1 amide bonds. The summed E-state index contributed by atoms with van der Waals surface area (Å²) in [7, 11) is 1.54. The third-order valence-corrected chi connectivity index (χ3v) is 4.93. The van der Waals surface area contributed by atoms with E-state index in [-0.39, 0.29) is 42.5 Å². The second kappa shape index (κ2) is 8.87. The first-order valence-electron chi connectivity index (χ1n) is 8.08. The smallest absolute Gasteiger partial charge is 0.220 e. The average Bonchev–Trinajstić information content (AvgIpc) is 3.01. The fraction of sp³-hybridized carbons (Fsp3) is 0.368. The Hall–Kier alpha value is -2.05. The van der Waals surface area contributed by atoms with Gasteiger partial charge in [0.1, 0.15) is 11.9 Å². The fourth-order valence-electron chi connectivity index (χ4n) is 2.62. The normalized spacial score (nSPS) is 13.3. The van der Waals surface area contributed by atoms with Crippen molar-refractivity contribution in [1.29, 1.82) is 0 Å². The molecule has 0 aliphatic rings. The van der Waals surface area contributed by atoms with Crippen molar-refractivity contribution in [2.75, 3.05) is 7.11 Å². The lowest BCUT2D eigenvalue weighted by molar-refractivity contribution is -0.122. The molecule has 0 aliphatic heterocycles. The molecule has 0 radical (unpaired) electrons. The first kappa shape index (κ1) is 19.3. The van der Waals surface area contributed by atoms with Gasteiger partial charge in [-0.3, -0.25) is 9.59 Å². The number of ether oxygens (including phenoxy) is 1. The molecule has 4 nitrogen and oxygen atoms in total. The van der Waals surface area contributed by atoms with Gasteiger partial charge in [0.05, 0.1) is 10.9 Å². The lowest BCUT2D eigenvalue weighted by Gasteiger charge is -2.24. The van der Waals surface area contributed by atoms with Crippen LogP contribution in [-0.2, 0) is 9.53 Å². The summed E-state index contributed by atoms with van der Waals surface area (Å²) in [5.41, 5.74) is 0.779. The molecule has 0 fully saturated rings. The molecular weight excluding hydrogens is 341 g/mol. The van der Waals surface area contributed by atoms with Crippen LogP contribution in [0.3, 0.4) is 0 Å². The molecule has 0 aliphatic carbocycles. The van der Waals surface area contributed by atoms with Crippen molar-refractivity contribution in [3.8, 4) is 0 Å². The molecule has 1 heterocycles. The molecular formula is C19H22FNO3S. The molecule has 1 aromatic heterocycles. The van der Waals surface area contributed by atoms with Crippen LogP contribution in [0.4, 0.5) is 4.39 Å². The first-order valence-corrected chi connectivity index (χ1v) is 8.89. The van der Waals surface area contributed by atoms with Crippen LogP contribution in [0.1, 0.15) is 46.0 Å². The van der Waals surface area contributed by atoms with Crippen molar-refractivity contribution >= 4 is 23.0 Å². The van der Waals surface area contributed by atoms with Gasteiger partial charge in [0.25, 0.3) is 0 Å². The summed E-state index contributed by atoms with van der Waals surface area (Å²) in [4.78, 5) is 25.9. The third kappa shape index (κ3) is 5.47. The van der Waals surface area contributed by atoms with Crippen LogP contribution in [0, 0.1) is 12.7 Å². The molecule has 0 saturated carbocycles. The Kier molecular flexibility index (Phi) is 6.84. The van der Waals surface area contributed by atoms with Gasteiger partial charge < -0.3 is 10.1 Å².